The summed E-state index contributed by atoms with van der Waals surface area (Å²) in [5.74, 6) is 0. The zero-order chi connectivity index (χ0) is 11.8. The monoisotopic (exact) mass is 250 g/mol. The molecule has 92 valence electrons. The first kappa shape index (κ1) is 13.8. The molecule has 1 aromatic rings. The zero-order valence-corrected chi connectivity index (χ0v) is 11.1. The highest BCUT2D eigenvalue weighted by molar-refractivity contribution is 5.85. The summed E-state index contributed by atoms with van der Waals surface area (Å²) in [7, 11) is 0. The van der Waals surface area contributed by atoms with Crippen LogP contribution in [-0.2, 0) is 0 Å². The molecule has 2 nitrogen and oxygen atoms in total. The van der Waals surface area contributed by atoms with Gasteiger partial charge in [-0.15, -0.1) is 12.4 Å². The third-order valence-electron chi connectivity index (χ3n) is 2.96. The highest BCUT2D eigenvalue weighted by atomic mass is 35.5. The van der Waals surface area contributed by atoms with Gasteiger partial charge in [-0.25, -0.2) is 0 Å². The summed E-state index contributed by atoms with van der Waals surface area (Å²) in [5, 5.41) is 0. The minimum Gasteiger partial charge on any atom is -0.399 e. The molecule has 0 aromatic heterocycles. The Kier molecular flexibility index (Phi) is 4.02. The van der Waals surface area contributed by atoms with Crippen molar-refractivity contribution < 1.29 is 0 Å². The summed E-state index contributed by atoms with van der Waals surface area (Å²) in [4.78, 5) is 0. The van der Waals surface area contributed by atoms with E-state index in [0.29, 0.717) is 0 Å². The predicted molar refractivity (Wildman–Crippen MR) is 77.0 cm³/mol. The Morgan fingerprint density at radius 2 is 1.76 bits per heavy atom. The number of nitrogen functional groups attached to an aromatic ring is 1. The van der Waals surface area contributed by atoms with E-state index in [0.717, 1.165) is 12.1 Å². The molecule has 4 N–H and O–H groups in total. The van der Waals surface area contributed by atoms with Crippen LogP contribution in [0, 0.1) is 0 Å². The average Bonchev–Trinajstić information content (AvgIpc) is 2.19. The molecule has 3 heteroatoms. The fraction of sp³-hybridized carbons (Fsp3) is 0.286. The number of rotatable bonds is 1. The summed E-state index contributed by atoms with van der Waals surface area (Å²) in [5.41, 5.74) is 16.2. The van der Waals surface area contributed by atoms with Crippen molar-refractivity contribution in [1.29, 1.82) is 0 Å². The lowest BCUT2D eigenvalue weighted by Crippen LogP contribution is -2.35. The highest BCUT2D eigenvalue weighted by Crippen LogP contribution is 2.31. The van der Waals surface area contributed by atoms with Crippen molar-refractivity contribution in [3.8, 4) is 0 Å². The fourth-order valence-electron chi connectivity index (χ4n) is 2.15. The van der Waals surface area contributed by atoms with Gasteiger partial charge in [0.1, 0.15) is 0 Å². The molecule has 1 aliphatic rings. The molecule has 2 rings (SSSR count). The van der Waals surface area contributed by atoms with Crippen molar-refractivity contribution in [1.82, 2.24) is 0 Å². The molecule has 0 radical (unpaired) electrons. The Morgan fingerprint density at radius 1 is 1.18 bits per heavy atom. The minimum absolute atomic E-state index is 0. The van der Waals surface area contributed by atoms with Crippen molar-refractivity contribution >= 4 is 23.7 Å². The maximum absolute atomic E-state index is 6.09. The normalized spacial score (nSPS) is 23.5. The number of nitrogens with two attached hydrogens (primary N) is 2. The van der Waals surface area contributed by atoms with Crippen LogP contribution in [-0.4, -0.2) is 5.54 Å². The predicted octanol–water partition coefficient (Wildman–Crippen LogP) is 3.14. The first-order valence-corrected chi connectivity index (χ1v) is 5.52. The molecule has 0 bridgehead atoms. The van der Waals surface area contributed by atoms with Crippen LogP contribution >= 0.6 is 12.4 Å². The van der Waals surface area contributed by atoms with E-state index in [1.54, 1.807) is 0 Å². The smallest absolute Gasteiger partial charge is 0.0351 e. The van der Waals surface area contributed by atoms with Gasteiger partial charge in [0.15, 0.2) is 0 Å². The van der Waals surface area contributed by atoms with E-state index in [4.69, 9.17) is 11.5 Å². The third-order valence-corrected chi connectivity index (χ3v) is 2.96. The molecular formula is C14H19ClN2. The van der Waals surface area contributed by atoms with Crippen LogP contribution in [0.4, 0.5) is 5.69 Å². The van der Waals surface area contributed by atoms with Crippen LogP contribution in [0.1, 0.15) is 25.8 Å². The van der Waals surface area contributed by atoms with Gasteiger partial charge >= 0.3 is 0 Å². The minimum atomic E-state index is -0.207. The van der Waals surface area contributed by atoms with Crippen molar-refractivity contribution in [2.45, 2.75) is 25.8 Å². The second-order valence-corrected chi connectivity index (χ2v) is 4.83. The Bertz CT molecular complexity index is 456. The maximum Gasteiger partial charge on any atom is 0.0351 e. The first-order chi connectivity index (χ1) is 7.48. The van der Waals surface area contributed by atoms with Gasteiger partial charge in [-0.2, -0.15) is 0 Å². The molecule has 0 saturated heterocycles. The lowest BCUT2D eigenvalue weighted by atomic mass is 9.84. The fourth-order valence-corrected chi connectivity index (χ4v) is 2.15. The van der Waals surface area contributed by atoms with Crippen molar-refractivity contribution in [2.24, 2.45) is 5.73 Å². The summed E-state index contributed by atoms with van der Waals surface area (Å²) in [6.45, 7) is 4.19. The molecule has 0 heterocycles. The Hall–Kier alpha value is -1.25. The molecule has 0 aliphatic heterocycles. The van der Waals surface area contributed by atoms with E-state index in [9.17, 15) is 0 Å². The molecule has 0 fully saturated rings. The largest absolute Gasteiger partial charge is 0.399 e. The lowest BCUT2D eigenvalue weighted by molar-refractivity contribution is 0.574. The van der Waals surface area contributed by atoms with Gasteiger partial charge in [-0.1, -0.05) is 29.9 Å². The van der Waals surface area contributed by atoms with Crippen molar-refractivity contribution in [3.63, 3.8) is 0 Å². The standard InChI is InChI=1S/C14H18N2.ClH/c1-10-9-14(2,16)8-7-13(10)11-3-5-12(15)6-4-11;/h3-8H,9,15-16H2,1-2H3;1H. The number of anilines is 1. The van der Waals surface area contributed by atoms with Crippen molar-refractivity contribution in [2.75, 3.05) is 5.73 Å². The lowest BCUT2D eigenvalue weighted by Gasteiger charge is -2.26. The molecule has 1 unspecified atom stereocenters. The molecular weight excluding hydrogens is 232 g/mol. The van der Waals surface area contributed by atoms with Crippen LogP contribution in [0.15, 0.2) is 42.0 Å². The van der Waals surface area contributed by atoms with E-state index >= 15 is 0 Å². The van der Waals surface area contributed by atoms with Gasteiger partial charge < -0.3 is 11.5 Å². The van der Waals surface area contributed by atoms with E-state index in [2.05, 4.69) is 31.2 Å². The van der Waals surface area contributed by atoms with E-state index in [1.807, 2.05) is 19.1 Å². The van der Waals surface area contributed by atoms with Crippen LogP contribution in [0.2, 0.25) is 0 Å². The molecule has 1 atom stereocenters. The third kappa shape index (κ3) is 3.11. The SMILES string of the molecule is CC1=C(c2ccc(N)cc2)C=CC(C)(N)C1.Cl. The number of hydrogen-bond acceptors (Lipinski definition) is 2. The Labute approximate surface area is 109 Å². The number of hydrogen-bond donors (Lipinski definition) is 2. The van der Waals surface area contributed by atoms with Crippen LogP contribution in [0.3, 0.4) is 0 Å². The number of halogens is 1. The topological polar surface area (TPSA) is 52.0 Å². The average molecular weight is 251 g/mol. The molecule has 0 amide bonds. The van der Waals surface area contributed by atoms with E-state index < -0.39 is 0 Å². The second-order valence-electron chi connectivity index (χ2n) is 4.83. The van der Waals surface area contributed by atoms with Gasteiger partial charge in [0.05, 0.1) is 0 Å². The maximum atomic E-state index is 6.09. The van der Waals surface area contributed by atoms with E-state index in [1.165, 1.54) is 16.7 Å². The van der Waals surface area contributed by atoms with Gasteiger partial charge in [0.2, 0.25) is 0 Å². The van der Waals surface area contributed by atoms with Gasteiger partial charge in [0.25, 0.3) is 0 Å². The summed E-state index contributed by atoms with van der Waals surface area (Å²) in [6, 6.07) is 7.97. The van der Waals surface area contributed by atoms with Gasteiger partial charge in [-0.05, 0) is 43.5 Å². The van der Waals surface area contributed by atoms with Crippen LogP contribution in [0.5, 0.6) is 0 Å². The quantitative estimate of drug-likeness (QED) is 0.753. The van der Waals surface area contributed by atoms with Crippen LogP contribution < -0.4 is 11.5 Å². The summed E-state index contributed by atoms with van der Waals surface area (Å²) < 4.78 is 0. The van der Waals surface area contributed by atoms with Gasteiger partial charge in [-0.3, -0.25) is 0 Å². The molecule has 1 aliphatic carbocycles. The number of benzene rings is 1. The number of allylic oxidation sites excluding steroid dienone is 2. The van der Waals surface area contributed by atoms with Crippen LogP contribution in [0.25, 0.3) is 5.57 Å². The summed E-state index contributed by atoms with van der Waals surface area (Å²) >= 11 is 0. The highest BCUT2D eigenvalue weighted by Gasteiger charge is 2.20. The van der Waals surface area contributed by atoms with Crippen molar-refractivity contribution in [3.05, 3.63) is 47.6 Å². The second kappa shape index (κ2) is 4.94. The molecule has 0 spiro atoms. The first-order valence-electron chi connectivity index (χ1n) is 5.52. The van der Waals surface area contributed by atoms with E-state index in [-0.39, 0.29) is 17.9 Å². The Balaban J connectivity index is 0.00000144. The van der Waals surface area contributed by atoms with Gasteiger partial charge in [0, 0.05) is 11.2 Å². The summed E-state index contributed by atoms with van der Waals surface area (Å²) in [6.07, 6.45) is 5.10. The Morgan fingerprint density at radius 3 is 2.29 bits per heavy atom. The molecule has 0 saturated carbocycles. The zero-order valence-electron chi connectivity index (χ0n) is 10.2. The molecule has 1 aromatic carbocycles. The molecule has 17 heavy (non-hydrogen) atoms.